The van der Waals surface area contributed by atoms with Crippen LogP contribution in [0, 0.1) is 13.8 Å². The molecule has 19 heavy (non-hydrogen) atoms. The molecule has 0 aliphatic carbocycles. The van der Waals surface area contributed by atoms with Crippen molar-refractivity contribution in [1.82, 2.24) is 20.2 Å². The van der Waals surface area contributed by atoms with Crippen molar-refractivity contribution in [3.8, 4) is 0 Å². The fourth-order valence-electron chi connectivity index (χ4n) is 1.64. The third kappa shape index (κ3) is 3.74. The molecular weight excluding hydrogens is 242 g/mol. The molecule has 2 heterocycles. The molecule has 0 saturated heterocycles. The highest BCUT2D eigenvalue weighted by Gasteiger charge is 2.05. The molecule has 0 unspecified atom stereocenters. The Labute approximate surface area is 111 Å². The Bertz CT molecular complexity index is 588. The summed E-state index contributed by atoms with van der Waals surface area (Å²) >= 11 is 0. The Balaban J connectivity index is 1.88. The van der Waals surface area contributed by atoms with Gasteiger partial charge in [0.05, 0.1) is 11.9 Å². The summed E-state index contributed by atoms with van der Waals surface area (Å²) in [5, 5.41) is 8.08. The van der Waals surface area contributed by atoms with E-state index in [0.717, 1.165) is 17.0 Å². The summed E-state index contributed by atoms with van der Waals surface area (Å²) in [6, 6.07) is 5.58. The van der Waals surface area contributed by atoms with Crippen molar-refractivity contribution < 1.29 is 4.79 Å². The van der Waals surface area contributed by atoms with Gasteiger partial charge in [0.15, 0.2) is 0 Å². The standard InChI is InChI=1S/C13H15N5O/c1-10-6-11(2)18(17-10)9-13(19)16-15-8-12-4-3-5-14-7-12/h3-8H,9H2,1-2H3,(H,16,19)/b15-8-. The van der Waals surface area contributed by atoms with Crippen LogP contribution in [0.1, 0.15) is 17.0 Å². The van der Waals surface area contributed by atoms with Crippen LogP contribution in [-0.2, 0) is 11.3 Å². The Morgan fingerprint density at radius 2 is 2.37 bits per heavy atom. The highest BCUT2D eigenvalue weighted by atomic mass is 16.2. The number of amides is 1. The number of hydrogen-bond donors (Lipinski definition) is 1. The molecule has 1 N–H and O–H groups in total. The summed E-state index contributed by atoms with van der Waals surface area (Å²) in [7, 11) is 0. The second-order valence-corrected chi connectivity index (χ2v) is 4.16. The molecule has 0 atom stereocenters. The SMILES string of the molecule is Cc1cc(C)n(CC(=O)N/N=C\c2cccnc2)n1. The molecule has 0 fully saturated rings. The molecule has 0 spiro atoms. The van der Waals surface area contributed by atoms with Crippen molar-refractivity contribution in [3.05, 3.63) is 47.5 Å². The van der Waals surface area contributed by atoms with Gasteiger partial charge in [-0.05, 0) is 26.0 Å². The van der Waals surface area contributed by atoms with Gasteiger partial charge >= 0.3 is 0 Å². The quantitative estimate of drug-likeness (QED) is 0.657. The summed E-state index contributed by atoms with van der Waals surface area (Å²) in [5.74, 6) is -0.216. The smallest absolute Gasteiger partial charge is 0.261 e. The number of nitrogens with one attached hydrogen (secondary N) is 1. The molecule has 98 valence electrons. The van der Waals surface area contributed by atoms with Crippen LogP contribution in [0.3, 0.4) is 0 Å². The molecule has 0 aliphatic heterocycles. The molecule has 1 amide bonds. The normalized spacial score (nSPS) is 10.8. The van der Waals surface area contributed by atoms with Gasteiger partial charge in [0.25, 0.3) is 5.91 Å². The molecule has 2 aromatic heterocycles. The minimum absolute atomic E-state index is 0.157. The zero-order chi connectivity index (χ0) is 13.7. The average molecular weight is 257 g/mol. The fourth-order valence-corrected chi connectivity index (χ4v) is 1.64. The van der Waals surface area contributed by atoms with Crippen molar-refractivity contribution in [2.75, 3.05) is 0 Å². The molecular formula is C13H15N5O. The van der Waals surface area contributed by atoms with Crippen LogP contribution in [0.5, 0.6) is 0 Å². The number of aromatic nitrogens is 3. The van der Waals surface area contributed by atoms with E-state index in [2.05, 4.69) is 20.6 Å². The molecule has 2 aromatic rings. The Hall–Kier alpha value is -2.50. The van der Waals surface area contributed by atoms with E-state index in [4.69, 9.17) is 0 Å². The molecule has 0 radical (unpaired) electrons. The predicted octanol–water partition coefficient (Wildman–Crippen LogP) is 1.05. The zero-order valence-electron chi connectivity index (χ0n) is 10.9. The first-order valence-electron chi connectivity index (χ1n) is 5.88. The summed E-state index contributed by atoms with van der Waals surface area (Å²) in [6.45, 7) is 3.96. The lowest BCUT2D eigenvalue weighted by Gasteiger charge is -2.02. The van der Waals surface area contributed by atoms with Gasteiger partial charge in [-0.1, -0.05) is 6.07 Å². The van der Waals surface area contributed by atoms with Gasteiger partial charge in [0.1, 0.15) is 6.54 Å². The van der Waals surface area contributed by atoms with E-state index >= 15 is 0 Å². The van der Waals surface area contributed by atoms with E-state index < -0.39 is 0 Å². The van der Waals surface area contributed by atoms with Crippen LogP contribution in [0.4, 0.5) is 0 Å². The number of nitrogens with zero attached hydrogens (tertiary/aromatic N) is 4. The lowest BCUT2D eigenvalue weighted by atomic mass is 10.3. The zero-order valence-corrected chi connectivity index (χ0v) is 10.9. The number of pyridine rings is 1. The summed E-state index contributed by atoms with van der Waals surface area (Å²) in [4.78, 5) is 15.6. The van der Waals surface area contributed by atoms with Gasteiger partial charge in [-0.3, -0.25) is 14.5 Å². The summed E-state index contributed by atoms with van der Waals surface area (Å²) in [5.41, 5.74) is 5.13. The first-order valence-corrected chi connectivity index (χ1v) is 5.88. The molecule has 2 rings (SSSR count). The van der Waals surface area contributed by atoms with Crippen LogP contribution in [0.25, 0.3) is 0 Å². The maximum atomic E-state index is 11.7. The summed E-state index contributed by atoms with van der Waals surface area (Å²) < 4.78 is 1.64. The van der Waals surface area contributed by atoms with Gasteiger partial charge in [0, 0.05) is 23.7 Å². The summed E-state index contributed by atoms with van der Waals surface area (Å²) in [6.07, 6.45) is 4.89. The van der Waals surface area contributed by atoms with Gasteiger partial charge in [0.2, 0.25) is 0 Å². The highest BCUT2D eigenvalue weighted by molar-refractivity contribution is 5.81. The van der Waals surface area contributed by atoms with Crippen LogP contribution >= 0.6 is 0 Å². The number of hydrogen-bond acceptors (Lipinski definition) is 4. The maximum absolute atomic E-state index is 11.7. The van der Waals surface area contributed by atoms with Gasteiger partial charge in [-0.15, -0.1) is 0 Å². The molecule has 0 saturated carbocycles. The lowest BCUT2D eigenvalue weighted by Crippen LogP contribution is -2.24. The minimum atomic E-state index is -0.216. The second-order valence-electron chi connectivity index (χ2n) is 4.16. The van der Waals surface area contributed by atoms with E-state index in [1.165, 1.54) is 0 Å². The molecule has 0 aliphatic rings. The van der Waals surface area contributed by atoms with E-state index in [1.807, 2.05) is 26.0 Å². The fraction of sp³-hybridized carbons (Fsp3) is 0.231. The molecule has 0 bridgehead atoms. The number of aryl methyl sites for hydroxylation is 2. The van der Waals surface area contributed by atoms with Gasteiger partial charge in [-0.25, -0.2) is 5.43 Å². The van der Waals surface area contributed by atoms with Crippen LogP contribution in [0.2, 0.25) is 0 Å². The maximum Gasteiger partial charge on any atom is 0.261 e. The minimum Gasteiger partial charge on any atom is -0.271 e. The van der Waals surface area contributed by atoms with Crippen LogP contribution < -0.4 is 5.43 Å². The Morgan fingerprint density at radius 3 is 3.00 bits per heavy atom. The molecule has 6 nitrogen and oxygen atoms in total. The Morgan fingerprint density at radius 1 is 1.53 bits per heavy atom. The second kappa shape index (κ2) is 5.90. The highest BCUT2D eigenvalue weighted by Crippen LogP contribution is 2.00. The van der Waals surface area contributed by atoms with Crippen molar-refractivity contribution in [2.24, 2.45) is 5.10 Å². The predicted molar refractivity (Wildman–Crippen MR) is 71.7 cm³/mol. The Kier molecular flexibility index (Phi) is 4.02. The van der Waals surface area contributed by atoms with Crippen molar-refractivity contribution in [3.63, 3.8) is 0 Å². The third-order valence-electron chi connectivity index (χ3n) is 2.48. The number of hydrazone groups is 1. The molecule has 0 aromatic carbocycles. The van der Waals surface area contributed by atoms with Crippen molar-refractivity contribution in [1.29, 1.82) is 0 Å². The van der Waals surface area contributed by atoms with Crippen LogP contribution in [0.15, 0.2) is 35.7 Å². The number of carbonyl (C=O) groups is 1. The van der Waals surface area contributed by atoms with E-state index in [1.54, 1.807) is 29.4 Å². The van der Waals surface area contributed by atoms with E-state index in [9.17, 15) is 4.79 Å². The third-order valence-corrected chi connectivity index (χ3v) is 2.48. The monoisotopic (exact) mass is 257 g/mol. The first-order chi connectivity index (χ1) is 9.15. The number of carbonyl (C=O) groups excluding carboxylic acids is 1. The number of rotatable bonds is 4. The molecule has 6 heteroatoms. The van der Waals surface area contributed by atoms with Gasteiger partial charge in [-0.2, -0.15) is 10.2 Å². The van der Waals surface area contributed by atoms with E-state index in [0.29, 0.717) is 0 Å². The topological polar surface area (TPSA) is 72.2 Å². The first kappa shape index (κ1) is 12.9. The lowest BCUT2D eigenvalue weighted by molar-refractivity contribution is -0.121. The largest absolute Gasteiger partial charge is 0.271 e. The van der Waals surface area contributed by atoms with Crippen molar-refractivity contribution >= 4 is 12.1 Å². The van der Waals surface area contributed by atoms with Gasteiger partial charge < -0.3 is 0 Å². The van der Waals surface area contributed by atoms with Crippen molar-refractivity contribution in [2.45, 2.75) is 20.4 Å². The van der Waals surface area contributed by atoms with Crippen LogP contribution in [-0.4, -0.2) is 26.9 Å². The van der Waals surface area contributed by atoms with E-state index in [-0.39, 0.29) is 12.5 Å². The average Bonchev–Trinajstić information content (AvgIpc) is 2.69.